The van der Waals surface area contributed by atoms with Crippen LogP contribution in [0.4, 0.5) is 18.9 Å². The molecule has 0 radical (unpaired) electrons. The fraction of sp³-hybridized carbons (Fsp3) is 0.667. The van der Waals surface area contributed by atoms with Gasteiger partial charge in [0.1, 0.15) is 0 Å². The van der Waals surface area contributed by atoms with Gasteiger partial charge in [0.2, 0.25) is 0 Å². The third-order valence-corrected chi connectivity index (χ3v) is 5.28. The Hall–Kier alpha value is -1.27. The molecule has 6 heteroatoms. The molecule has 2 N–H and O–H groups in total. The van der Waals surface area contributed by atoms with Gasteiger partial charge in [-0.15, -0.1) is 0 Å². The standard InChI is InChI=1S/C18H25F3N2O/c19-18(20,21)13-5-7-14(8-6-13)22-15-9-11-23(12-10-15)16-3-1-2-4-17(16)24/h5-8,15-17,22,24H,1-4,9-12H2/t16-,17-/m1/s1. The van der Waals surface area contributed by atoms with E-state index in [1.165, 1.54) is 18.6 Å². The predicted molar refractivity (Wildman–Crippen MR) is 87.9 cm³/mol. The number of hydrogen-bond donors (Lipinski definition) is 2. The lowest BCUT2D eigenvalue weighted by Gasteiger charge is -2.41. The Balaban J connectivity index is 1.50. The van der Waals surface area contributed by atoms with Gasteiger partial charge in [-0.1, -0.05) is 12.8 Å². The lowest BCUT2D eigenvalue weighted by molar-refractivity contribution is -0.137. The van der Waals surface area contributed by atoms with E-state index in [0.29, 0.717) is 0 Å². The molecule has 2 fully saturated rings. The number of nitrogens with zero attached hydrogens (tertiary/aromatic N) is 1. The Labute approximate surface area is 140 Å². The Morgan fingerprint density at radius 3 is 2.17 bits per heavy atom. The molecule has 1 saturated carbocycles. The topological polar surface area (TPSA) is 35.5 Å². The van der Waals surface area contributed by atoms with Crippen molar-refractivity contribution < 1.29 is 18.3 Å². The Kier molecular flexibility index (Phi) is 5.35. The van der Waals surface area contributed by atoms with Gasteiger partial charge in [-0.05, 0) is 49.9 Å². The first-order valence-electron chi connectivity index (χ1n) is 8.79. The summed E-state index contributed by atoms with van der Waals surface area (Å²) in [5, 5.41) is 13.5. The predicted octanol–water partition coefficient (Wildman–Crippen LogP) is 3.89. The largest absolute Gasteiger partial charge is 0.416 e. The lowest BCUT2D eigenvalue weighted by Crippen LogP contribution is -2.50. The third kappa shape index (κ3) is 4.22. The number of benzene rings is 1. The number of anilines is 1. The molecule has 0 unspecified atom stereocenters. The van der Waals surface area contributed by atoms with Crippen LogP contribution in [-0.2, 0) is 6.18 Å². The van der Waals surface area contributed by atoms with E-state index in [0.717, 1.165) is 63.0 Å². The second kappa shape index (κ2) is 7.31. The molecule has 1 saturated heterocycles. The van der Waals surface area contributed by atoms with Crippen molar-refractivity contribution in [1.29, 1.82) is 0 Å². The highest BCUT2D eigenvalue weighted by Crippen LogP contribution is 2.30. The molecule has 134 valence electrons. The van der Waals surface area contributed by atoms with Crippen molar-refractivity contribution in [3.8, 4) is 0 Å². The summed E-state index contributed by atoms with van der Waals surface area (Å²) in [4.78, 5) is 2.38. The lowest BCUT2D eigenvalue weighted by atomic mass is 9.89. The molecule has 3 rings (SSSR count). The van der Waals surface area contributed by atoms with Gasteiger partial charge in [0, 0.05) is 30.9 Å². The van der Waals surface area contributed by atoms with Crippen molar-refractivity contribution >= 4 is 5.69 Å². The van der Waals surface area contributed by atoms with E-state index in [4.69, 9.17) is 0 Å². The van der Waals surface area contributed by atoms with E-state index in [1.807, 2.05) is 0 Å². The van der Waals surface area contributed by atoms with Crippen molar-refractivity contribution in [2.45, 2.75) is 62.9 Å². The molecule has 1 aromatic carbocycles. The van der Waals surface area contributed by atoms with Gasteiger partial charge in [-0.25, -0.2) is 0 Å². The average Bonchev–Trinajstić information content (AvgIpc) is 2.56. The van der Waals surface area contributed by atoms with Crippen LogP contribution in [0.3, 0.4) is 0 Å². The van der Waals surface area contributed by atoms with Gasteiger partial charge in [0.25, 0.3) is 0 Å². The van der Waals surface area contributed by atoms with Crippen molar-refractivity contribution in [3.05, 3.63) is 29.8 Å². The molecule has 2 atom stereocenters. The van der Waals surface area contributed by atoms with Crippen LogP contribution in [0.25, 0.3) is 0 Å². The quantitative estimate of drug-likeness (QED) is 0.875. The van der Waals surface area contributed by atoms with Crippen LogP contribution < -0.4 is 5.32 Å². The Morgan fingerprint density at radius 1 is 0.958 bits per heavy atom. The van der Waals surface area contributed by atoms with E-state index >= 15 is 0 Å². The highest BCUT2D eigenvalue weighted by atomic mass is 19.4. The summed E-state index contributed by atoms with van der Waals surface area (Å²) in [6.07, 6.45) is 1.67. The highest BCUT2D eigenvalue weighted by Gasteiger charge is 2.32. The minimum Gasteiger partial charge on any atom is -0.391 e. The average molecular weight is 342 g/mol. The van der Waals surface area contributed by atoms with Crippen molar-refractivity contribution in [2.75, 3.05) is 18.4 Å². The number of likely N-dealkylation sites (tertiary alicyclic amines) is 1. The second-order valence-electron chi connectivity index (χ2n) is 6.95. The highest BCUT2D eigenvalue weighted by molar-refractivity contribution is 5.46. The van der Waals surface area contributed by atoms with Gasteiger partial charge in [-0.2, -0.15) is 13.2 Å². The van der Waals surface area contributed by atoms with E-state index in [1.54, 1.807) is 0 Å². The van der Waals surface area contributed by atoms with E-state index in [9.17, 15) is 18.3 Å². The van der Waals surface area contributed by atoms with Crippen LogP contribution in [0.15, 0.2) is 24.3 Å². The van der Waals surface area contributed by atoms with E-state index in [-0.39, 0.29) is 18.2 Å². The fourth-order valence-electron chi connectivity index (χ4n) is 3.88. The smallest absolute Gasteiger partial charge is 0.391 e. The number of rotatable bonds is 3. The number of halogens is 3. The molecular weight excluding hydrogens is 317 g/mol. The number of aliphatic hydroxyl groups is 1. The molecule has 1 aromatic rings. The second-order valence-corrected chi connectivity index (χ2v) is 6.95. The first-order chi connectivity index (χ1) is 11.4. The maximum atomic E-state index is 12.6. The zero-order valence-corrected chi connectivity index (χ0v) is 13.7. The number of hydrogen-bond acceptors (Lipinski definition) is 3. The summed E-state index contributed by atoms with van der Waals surface area (Å²) in [7, 11) is 0. The van der Waals surface area contributed by atoms with Crippen LogP contribution in [0.2, 0.25) is 0 Å². The van der Waals surface area contributed by atoms with Gasteiger partial charge >= 0.3 is 6.18 Å². The maximum Gasteiger partial charge on any atom is 0.416 e. The third-order valence-electron chi connectivity index (χ3n) is 5.28. The van der Waals surface area contributed by atoms with E-state index in [2.05, 4.69) is 10.2 Å². The molecule has 24 heavy (non-hydrogen) atoms. The van der Waals surface area contributed by atoms with Crippen LogP contribution in [0.1, 0.15) is 44.1 Å². The minimum atomic E-state index is -4.29. The van der Waals surface area contributed by atoms with Crippen LogP contribution >= 0.6 is 0 Å². The van der Waals surface area contributed by atoms with Crippen molar-refractivity contribution in [2.24, 2.45) is 0 Å². The van der Waals surface area contributed by atoms with Crippen LogP contribution in [0.5, 0.6) is 0 Å². The van der Waals surface area contributed by atoms with Crippen molar-refractivity contribution in [3.63, 3.8) is 0 Å². The van der Waals surface area contributed by atoms with Gasteiger partial charge < -0.3 is 10.4 Å². The fourth-order valence-corrected chi connectivity index (χ4v) is 3.88. The SMILES string of the molecule is O[C@@H]1CCCC[C@H]1N1CCC(Nc2ccc(C(F)(F)F)cc2)CC1. The first kappa shape index (κ1) is 17.5. The molecule has 3 nitrogen and oxygen atoms in total. The van der Waals surface area contributed by atoms with Gasteiger partial charge in [-0.3, -0.25) is 4.90 Å². The summed E-state index contributed by atoms with van der Waals surface area (Å²) in [6, 6.07) is 5.80. The van der Waals surface area contributed by atoms with Crippen LogP contribution in [-0.4, -0.2) is 41.3 Å². The summed E-state index contributed by atoms with van der Waals surface area (Å²) in [5.74, 6) is 0. The van der Waals surface area contributed by atoms with Gasteiger partial charge in [0.15, 0.2) is 0 Å². The summed E-state index contributed by atoms with van der Waals surface area (Å²) >= 11 is 0. The molecule has 1 heterocycles. The van der Waals surface area contributed by atoms with Crippen LogP contribution in [0, 0.1) is 0 Å². The normalized spacial score (nSPS) is 27.2. The molecule has 0 bridgehead atoms. The number of piperidine rings is 1. The molecule has 0 aromatic heterocycles. The van der Waals surface area contributed by atoms with E-state index < -0.39 is 11.7 Å². The summed E-state index contributed by atoms with van der Waals surface area (Å²) in [5.41, 5.74) is 0.119. The molecule has 0 spiro atoms. The molecule has 2 aliphatic rings. The molecular formula is C18H25F3N2O. The zero-order chi connectivity index (χ0) is 17.2. The number of nitrogens with one attached hydrogen (secondary N) is 1. The van der Waals surface area contributed by atoms with Crippen molar-refractivity contribution in [1.82, 2.24) is 4.90 Å². The summed E-state index contributed by atoms with van der Waals surface area (Å²) in [6.45, 7) is 1.86. The Morgan fingerprint density at radius 2 is 1.58 bits per heavy atom. The Bertz CT molecular complexity index is 524. The number of alkyl halides is 3. The minimum absolute atomic E-state index is 0.210. The monoisotopic (exact) mass is 342 g/mol. The molecule has 1 aliphatic heterocycles. The first-order valence-corrected chi connectivity index (χ1v) is 8.79. The molecule has 0 amide bonds. The maximum absolute atomic E-state index is 12.6. The molecule has 1 aliphatic carbocycles. The zero-order valence-electron chi connectivity index (χ0n) is 13.7. The van der Waals surface area contributed by atoms with Gasteiger partial charge in [0.05, 0.1) is 11.7 Å². The number of aliphatic hydroxyl groups excluding tert-OH is 1. The summed E-state index contributed by atoms with van der Waals surface area (Å²) < 4.78 is 37.7.